The van der Waals surface area contributed by atoms with E-state index >= 15 is 0 Å². The van der Waals surface area contributed by atoms with Crippen LogP contribution < -0.4 is 5.32 Å². The molecular formula is C13H15N. The normalized spacial score (nSPS) is 19.6. The molecule has 0 saturated heterocycles. The first-order chi connectivity index (χ1) is 6.88. The van der Waals surface area contributed by atoms with Crippen molar-refractivity contribution in [3.05, 3.63) is 60.7 Å². The van der Waals surface area contributed by atoms with Crippen LogP contribution in [0.4, 0.5) is 5.69 Å². The Morgan fingerprint density at radius 3 is 3.00 bits per heavy atom. The third-order valence-electron chi connectivity index (χ3n) is 2.23. The van der Waals surface area contributed by atoms with Gasteiger partial charge in [0.05, 0.1) is 0 Å². The van der Waals surface area contributed by atoms with Gasteiger partial charge in [0.1, 0.15) is 0 Å². The number of anilines is 1. The maximum atomic E-state index is 4.04. The van der Waals surface area contributed by atoms with Crippen molar-refractivity contribution in [2.45, 2.75) is 0 Å². The lowest BCUT2D eigenvalue weighted by molar-refractivity contribution is 1.33. The van der Waals surface area contributed by atoms with Gasteiger partial charge in [0.25, 0.3) is 0 Å². The summed E-state index contributed by atoms with van der Waals surface area (Å²) in [5, 5.41) is 3.35. The standard InChI is InChI=1S/C13H13N.H2/c1-11-7-3-2-6-10-14-13-9-5-4-8-12(11)13;/h2-9,14H,1,10H2;1H/b6-2-,7-3-;. The number of hydrogen-bond donors (Lipinski definition) is 1. The third-order valence-corrected chi connectivity index (χ3v) is 2.23. The van der Waals surface area contributed by atoms with E-state index in [9.17, 15) is 0 Å². The number of nitrogens with one attached hydrogen (secondary N) is 1. The second kappa shape index (κ2) is 3.97. The molecular weight excluding hydrogens is 170 g/mol. The highest BCUT2D eigenvalue weighted by Gasteiger charge is 2.02. The summed E-state index contributed by atoms with van der Waals surface area (Å²) in [4.78, 5) is 0. The van der Waals surface area contributed by atoms with Crippen LogP contribution >= 0.6 is 0 Å². The van der Waals surface area contributed by atoms with Crippen LogP contribution in [0.15, 0.2) is 55.1 Å². The van der Waals surface area contributed by atoms with Crippen molar-refractivity contribution in [1.29, 1.82) is 0 Å². The molecule has 1 aliphatic heterocycles. The van der Waals surface area contributed by atoms with Crippen molar-refractivity contribution < 1.29 is 1.43 Å². The number of allylic oxidation sites excluding steroid dienone is 4. The van der Waals surface area contributed by atoms with E-state index in [1.807, 2.05) is 30.4 Å². The molecule has 0 amide bonds. The molecule has 0 aromatic heterocycles. The molecule has 0 saturated carbocycles. The highest BCUT2D eigenvalue weighted by atomic mass is 14.9. The molecule has 1 aromatic rings. The number of rotatable bonds is 0. The van der Waals surface area contributed by atoms with Crippen LogP contribution in [-0.2, 0) is 0 Å². The Kier molecular flexibility index (Phi) is 2.50. The minimum atomic E-state index is 0. The molecule has 2 rings (SSSR count). The van der Waals surface area contributed by atoms with E-state index in [0.717, 1.165) is 17.8 Å². The lowest BCUT2D eigenvalue weighted by atomic mass is 10.1. The van der Waals surface area contributed by atoms with Crippen molar-refractivity contribution >= 4 is 11.3 Å². The van der Waals surface area contributed by atoms with Crippen LogP contribution in [0.25, 0.3) is 5.57 Å². The second-order valence-electron chi connectivity index (χ2n) is 3.24. The van der Waals surface area contributed by atoms with Gasteiger partial charge in [0.2, 0.25) is 0 Å². The van der Waals surface area contributed by atoms with E-state index in [1.54, 1.807) is 0 Å². The van der Waals surface area contributed by atoms with E-state index in [4.69, 9.17) is 0 Å². The summed E-state index contributed by atoms with van der Waals surface area (Å²) >= 11 is 0. The van der Waals surface area contributed by atoms with Gasteiger partial charge >= 0.3 is 0 Å². The Morgan fingerprint density at radius 2 is 2.07 bits per heavy atom. The first-order valence-electron chi connectivity index (χ1n) is 4.73. The monoisotopic (exact) mass is 185 g/mol. The van der Waals surface area contributed by atoms with Gasteiger partial charge in [-0.05, 0) is 11.6 Å². The Balaban J connectivity index is 0.00000112. The molecule has 1 heteroatoms. The maximum Gasteiger partial charge on any atom is 0.0422 e. The maximum absolute atomic E-state index is 4.04. The lowest BCUT2D eigenvalue weighted by Gasteiger charge is -2.09. The van der Waals surface area contributed by atoms with Crippen LogP contribution in [0.2, 0.25) is 0 Å². The number of benzene rings is 1. The molecule has 0 unspecified atom stereocenters. The second-order valence-corrected chi connectivity index (χ2v) is 3.24. The van der Waals surface area contributed by atoms with Crippen molar-refractivity contribution in [1.82, 2.24) is 0 Å². The number of para-hydroxylation sites is 1. The van der Waals surface area contributed by atoms with Gasteiger partial charge in [-0.2, -0.15) is 0 Å². The molecule has 0 fully saturated rings. The lowest BCUT2D eigenvalue weighted by Crippen LogP contribution is -2.00. The first kappa shape index (κ1) is 8.82. The van der Waals surface area contributed by atoms with Crippen LogP contribution in [0.3, 0.4) is 0 Å². The fraction of sp³-hybridized carbons (Fsp3) is 0.0769. The first-order valence-corrected chi connectivity index (χ1v) is 4.73. The molecule has 72 valence electrons. The van der Waals surface area contributed by atoms with Gasteiger partial charge in [-0.15, -0.1) is 0 Å². The topological polar surface area (TPSA) is 12.0 Å². The fourth-order valence-electron chi connectivity index (χ4n) is 1.49. The average Bonchev–Trinajstić information content (AvgIpc) is 2.30. The van der Waals surface area contributed by atoms with Crippen LogP contribution in [-0.4, -0.2) is 6.54 Å². The van der Waals surface area contributed by atoms with Crippen LogP contribution in [0.5, 0.6) is 0 Å². The van der Waals surface area contributed by atoms with Crippen molar-refractivity contribution in [3.63, 3.8) is 0 Å². The summed E-state index contributed by atoms with van der Waals surface area (Å²) in [5.74, 6) is 0. The molecule has 0 bridgehead atoms. The fourth-order valence-corrected chi connectivity index (χ4v) is 1.49. The van der Waals surface area contributed by atoms with E-state index in [2.05, 4.69) is 30.1 Å². The van der Waals surface area contributed by atoms with E-state index < -0.39 is 0 Å². The van der Waals surface area contributed by atoms with Crippen molar-refractivity contribution in [2.75, 3.05) is 11.9 Å². The van der Waals surface area contributed by atoms with Crippen LogP contribution in [0, 0.1) is 0 Å². The van der Waals surface area contributed by atoms with Gasteiger partial charge < -0.3 is 5.32 Å². The van der Waals surface area contributed by atoms with Crippen molar-refractivity contribution in [2.24, 2.45) is 0 Å². The molecule has 14 heavy (non-hydrogen) atoms. The summed E-state index contributed by atoms with van der Waals surface area (Å²) in [6.07, 6.45) is 8.17. The Labute approximate surface area is 85.9 Å². The van der Waals surface area contributed by atoms with E-state index in [-0.39, 0.29) is 1.43 Å². The molecule has 0 atom stereocenters. The summed E-state index contributed by atoms with van der Waals surface area (Å²) in [7, 11) is 0. The van der Waals surface area contributed by atoms with Gasteiger partial charge in [-0.25, -0.2) is 0 Å². The average molecular weight is 185 g/mol. The highest BCUT2D eigenvalue weighted by molar-refractivity contribution is 5.81. The minimum absolute atomic E-state index is 0. The zero-order valence-corrected chi connectivity index (χ0v) is 8.03. The molecule has 0 spiro atoms. The predicted molar refractivity (Wildman–Crippen MR) is 64.4 cm³/mol. The predicted octanol–water partition coefficient (Wildman–Crippen LogP) is 3.48. The van der Waals surface area contributed by atoms with E-state index in [1.165, 1.54) is 5.56 Å². The Morgan fingerprint density at radius 1 is 1.21 bits per heavy atom. The van der Waals surface area contributed by atoms with Gasteiger partial charge in [-0.1, -0.05) is 49.1 Å². The molecule has 1 aromatic carbocycles. The highest BCUT2D eigenvalue weighted by Crippen LogP contribution is 2.23. The molecule has 1 heterocycles. The largest absolute Gasteiger partial charge is 0.381 e. The van der Waals surface area contributed by atoms with Crippen LogP contribution in [0.1, 0.15) is 6.99 Å². The molecule has 1 nitrogen and oxygen atoms in total. The van der Waals surface area contributed by atoms with Gasteiger partial charge in [0.15, 0.2) is 0 Å². The zero-order chi connectivity index (χ0) is 9.80. The smallest absolute Gasteiger partial charge is 0.0422 e. The molecule has 0 radical (unpaired) electrons. The molecule has 1 aliphatic rings. The summed E-state index contributed by atoms with van der Waals surface area (Å²) in [5.41, 5.74) is 3.36. The van der Waals surface area contributed by atoms with Gasteiger partial charge in [0, 0.05) is 19.2 Å². The minimum Gasteiger partial charge on any atom is -0.381 e. The summed E-state index contributed by atoms with van der Waals surface area (Å²) in [6, 6.07) is 8.23. The SMILES string of the molecule is C=C1/C=C\C=C/CNc2ccccc21.[HH]. The Bertz CT molecular complexity index is 405. The van der Waals surface area contributed by atoms with Crippen molar-refractivity contribution in [3.8, 4) is 0 Å². The molecule has 1 N–H and O–H groups in total. The Hall–Kier alpha value is -1.76. The quantitative estimate of drug-likeness (QED) is 0.652. The summed E-state index contributed by atoms with van der Waals surface area (Å²) < 4.78 is 0. The third kappa shape index (κ3) is 1.77. The number of hydrogen-bond acceptors (Lipinski definition) is 1. The number of fused-ring (bicyclic) bond motifs is 1. The zero-order valence-electron chi connectivity index (χ0n) is 8.03. The van der Waals surface area contributed by atoms with Gasteiger partial charge in [-0.3, -0.25) is 0 Å². The summed E-state index contributed by atoms with van der Waals surface area (Å²) in [6.45, 7) is 4.89. The van der Waals surface area contributed by atoms with E-state index in [0.29, 0.717) is 0 Å². The molecule has 0 aliphatic carbocycles.